The Bertz CT molecular complexity index is 312. The Morgan fingerprint density at radius 3 is 2.29 bits per heavy atom. The van der Waals surface area contributed by atoms with Crippen LogP contribution in [0.3, 0.4) is 0 Å². The van der Waals surface area contributed by atoms with E-state index in [1.807, 2.05) is 6.92 Å². The zero-order chi connectivity index (χ0) is 10.6. The van der Waals surface area contributed by atoms with E-state index in [2.05, 4.69) is 0 Å². The zero-order valence-corrected chi connectivity index (χ0v) is 8.46. The lowest BCUT2D eigenvalue weighted by Crippen LogP contribution is -1.98. The van der Waals surface area contributed by atoms with Crippen molar-refractivity contribution in [1.29, 1.82) is 0 Å². The summed E-state index contributed by atoms with van der Waals surface area (Å²) in [5, 5.41) is 0. The molecular weight excluding hydrogens is 187 g/mol. The highest BCUT2D eigenvalue weighted by Gasteiger charge is 2.13. The Hall–Kier alpha value is -1.45. The summed E-state index contributed by atoms with van der Waals surface area (Å²) in [6, 6.07) is 2.52. The number of hydrogen-bond donors (Lipinski definition) is 0. The highest BCUT2D eigenvalue weighted by molar-refractivity contribution is 5.51. The quantitative estimate of drug-likeness (QED) is 0.746. The van der Waals surface area contributed by atoms with Gasteiger partial charge in [0.1, 0.15) is 5.82 Å². The molecule has 0 atom stereocenters. The van der Waals surface area contributed by atoms with Gasteiger partial charge in [-0.25, -0.2) is 4.39 Å². The van der Waals surface area contributed by atoms with E-state index in [0.717, 1.165) is 0 Å². The van der Waals surface area contributed by atoms with Crippen molar-refractivity contribution >= 4 is 0 Å². The molecule has 0 aliphatic rings. The average Bonchev–Trinajstić information content (AvgIpc) is 2.17. The molecule has 0 amide bonds. The third-order valence-corrected chi connectivity index (χ3v) is 1.71. The molecule has 78 valence electrons. The lowest BCUT2D eigenvalue weighted by atomic mass is 10.3. The SMILES string of the molecule is CCOc1cc(F)cc(OC)c1OC. The Kier molecular flexibility index (Phi) is 3.56. The fraction of sp³-hybridized carbons (Fsp3) is 0.400. The Labute approximate surface area is 82.4 Å². The van der Waals surface area contributed by atoms with Crippen molar-refractivity contribution in [2.75, 3.05) is 20.8 Å². The maximum absolute atomic E-state index is 13.0. The number of halogens is 1. The summed E-state index contributed by atoms with van der Waals surface area (Å²) in [5.74, 6) is 0.685. The summed E-state index contributed by atoms with van der Waals surface area (Å²) < 4.78 is 28.3. The van der Waals surface area contributed by atoms with Crippen LogP contribution in [0.15, 0.2) is 12.1 Å². The van der Waals surface area contributed by atoms with Crippen LogP contribution in [0.1, 0.15) is 6.92 Å². The average molecular weight is 200 g/mol. The predicted octanol–water partition coefficient (Wildman–Crippen LogP) is 2.24. The first-order valence-corrected chi connectivity index (χ1v) is 4.27. The molecule has 0 saturated carbocycles. The van der Waals surface area contributed by atoms with Gasteiger partial charge in [0, 0.05) is 12.1 Å². The van der Waals surface area contributed by atoms with Gasteiger partial charge < -0.3 is 14.2 Å². The standard InChI is InChI=1S/C10H13FO3/c1-4-14-9-6-7(11)5-8(12-2)10(9)13-3/h5-6H,4H2,1-3H3. The normalized spacial score (nSPS) is 9.71. The van der Waals surface area contributed by atoms with Gasteiger partial charge in [-0.2, -0.15) is 0 Å². The van der Waals surface area contributed by atoms with E-state index < -0.39 is 5.82 Å². The second kappa shape index (κ2) is 4.69. The topological polar surface area (TPSA) is 27.7 Å². The first-order chi connectivity index (χ1) is 6.72. The van der Waals surface area contributed by atoms with E-state index in [9.17, 15) is 4.39 Å². The number of methoxy groups -OCH3 is 2. The highest BCUT2D eigenvalue weighted by atomic mass is 19.1. The highest BCUT2D eigenvalue weighted by Crippen LogP contribution is 2.37. The van der Waals surface area contributed by atoms with Crippen molar-refractivity contribution in [1.82, 2.24) is 0 Å². The molecule has 0 fully saturated rings. The summed E-state index contributed by atoms with van der Waals surface area (Å²) in [6.45, 7) is 2.26. The molecular formula is C10H13FO3. The van der Waals surface area contributed by atoms with Gasteiger partial charge in [-0.1, -0.05) is 0 Å². The molecule has 0 aliphatic carbocycles. The van der Waals surface area contributed by atoms with Crippen LogP contribution in [-0.2, 0) is 0 Å². The third kappa shape index (κ3) is 2.07. The van der Waals surface area contributed by atoms with Gasteiger partial charge in [-0.3, -0.25) is 0 Å². The van der Waals surface area contributed by atoms with Gasteiger partial charge in [0.15, 0.2) is 11.5 Å². The van der Waals surface area contributed by atoms with Crippen LogP contribution < -0.4 is 14.2 Å². The lowest BCUT2D eigenvalue weighted by molar-refractivity contribution is 0.294. The van der Waals surface area contributed by atoms with E-state index in [0.29, 0.717) is 23.9 Å². The molecule has 1 aromatic carbocycles. The van der Waals surface area contributed by atoms with Crippen LogP contribution in [-0.4, -0.2) is 20.8 Å². The maximum atomic E-state index is 13.0. The van der Waals surface area contributed by atoms with E-state index in [1.165, 1.54) is 26.4 Å². The van der Waals surface area contributed by atoms with Crippen LogP contribution in [0.2, 0.25) is 0 Å². The minimum absolute atomic E-state index is 0.330. The molecule has 1 aromatic rings. The predicted molar refractivity (Wildman–Crippen MR) is 50.7 cm³/mol. The molecule has 0 N–H and O–H groups in total. The van der Waals surface area contributed by atoms with Crippen LogP contribution in [0.4, 0.5) is 4.39 Å². The van der Waals surface area contributed by atoms with Crippen molar-refractivity contribution in [2.24, 2.45) is 0 Å². The molecule has 0 radical (unpaired) electrons. The van der Waals surface area contributed by atoms with Gasteiger partial charge in [-0.15, -0.1) is 0 Å². The largest absolute Gasteiger partial charge is 0.493 e. The molecule has 0 aromatic heterocycles. The minimum atomic E-state index is -0.411. The fourth-order valence-electron chi connectivity index (χ4n) is 1.16. The molecule has 14 heavy (non-hydrogen) atoms. The Balaban J connectivity index is 3.17. The van der Waals surface area contributed by atoms with Crippen molar-refractivity contribution in [3.8, 4) is 17.2 Å². The second-order valence-corrected chi connectivity index (χ2v) is 2.57. The molecule has 0 unspecified atom stereocenters. The molecule has 1 rings (SSSR count). The van der Waals surface area contributed by atoms with E-state index in [1.54, 1.807) is 0 Å². The number of benzene rings is 1. The lowest BCUT2D eigenvalue weighted by Gasteiger charge is -2.12. The fourth-order valence-corrected chi connectivity index (χ4v) is 1.16. The number of ether oxygens (including phenoxy) is 3. The van der Waals surface area contributed by atoms with Crippen LogP contribution in [0.25, 0.3) is 0 Å². The summed E-state index contributed by atoms with van der Waals surface area (Å²) in [4.78, 5) is 0. The van der Waals surface area contributed by atoms with Crippen LogP contribution in [0, 0.1) is 5.82 Å². The molecule has 0 heterocycles. The minimum Gasteiger partial charge on any atom is -0.493 e. The molecule has 0 bridgehead atoms. The summed E-state index contributed by atoms with van der Waals surface area (Å²) in [5.41, 5.74) is 0. The monoisotopic (exact) mass is 200 g/mol. The van der Waals surface area contributed by atoms with Gasteiger partial charge in [0.05, 0.1) is 20.8 Å². The molecule has 0 spiro atoms. The second-order valence-electron chi connectivity index (χ2n) is 2.57. The van der Waals surface area contributed by atoms with Crippen molar-refractivity contribution in [2.45, 2.75) is 6.92 Å². The van der Waals surface area contributed by atoms with Gasteiger partial charge in [-0.05, 0) is 6.92 Å². The maximum Gasteiger partial charge on any atom is 0.203 e. The zero-order valence-electron chi connectivity index (χ0n) is 8.46. The smallest absolute Gasteiger partial charge is 0.203 e. The Morgan fingerprint density at radius 1 is 1.14 bits per heavy atom. The Morgan fingerprint density at radius 2 is 1.79 bits per heavy atom. The molecule has 3 nitrogen and oxygen atoms in total. The van der Waals surface area contributed by atoms with E-state index in [-0.39, 0.29) is 0 Å². The molecule has 0 aliphatic heterocycles. The summed E-state index contributed by atoms with van der Waals surface area (Å²) >= 11 is 0. The van der Waals surface area contributed by atoms with Crippen molar-refractivity contribution < 1.29 is 18.6 Å². The summed E-state index contributed by atoms with van der Waals surface area (Å²) in [6.07, 6.45) is 0. The number of hydrogen-bond acceptors (Lipinski definition) is 3. The first-order valence-electron chi connectivity index (χ1n) is 4.27. The van der Waals surface area contributed by atoms with E-state index >= 15 is 0 Å². The van der Waals surface area contributed by atoms with Crippen LogP contribution >= 0.6 is 0 Å². The van der Waals surface area contributed by atoms with Gasteiger partial charge in [0.2, 0.25) is 5.75 Å². The summed E-state index contributed by atoms with van der Waals surface area (Å²) in [7, 11) is 2.94. The van der Waals surface area contributed by atoms with Crippen LogP contribution in [0.5, 0.6) is 17.2 Å². The third-order valence-electron chi connectivity index (χ3n) is 1.71. The van der Waals surface area contributed by atoms with Crippen molar-refractivity contribution in [3.63, 3.8) is 0 Å². The first kappa shape index (κ1) is 10.6. The van der Waals surface area contributed by atoms with E-state index in [4.69, 9.17) is 14.2 Å². The van der Waals surface area contributed by atoms with Gasteiger partial charge in [0.25, 0.3) is 0 Å². The van der Waals surface area contributed by atoms with Gasteiger partial charge >= 0.3 is 0 Å². The number of rotatable bonds is 4. The van der Waals surface area contributed by atoms with Crippen molar-refractivity contribution in [3.05, 3.63) is 17.9 Å². The molecule has 4 heteroatoms. The molecule has 0 saturated heterocycles.